The molecule has 0 aliphatic heterocycles. The van der Waals surface area contributed by atoms with Crippen LogP contribution in [-0.2, 0) is 4.74 Å². The van der Waals surface area contributed by atoms with Crippen molar-refractivity contribution in [1.29, 1.82) is 0 Å². The van der Waals surface area contributed by atoms with Gasteiger partial charge in [0, 0.05) is 37.6 Å². The lowest BCUT2D eigenvalue weighted by molar-refractivity contribution is 0.198. The average Bonchev–Trinajstić information content (AvgIpc) is 2.69. The average molecular weight is 362 g/mol. The largest absolute Gasteiger partial charge is 0.385 e. The van der Waals surface area contributed by atoms with Gasteiger partial charge in [0.25, 0.3) is 0 Å². The summed E-state index contributed by atoms with van der Waals surface area (Å²) < 4.78 is 5.11. The van der Waals surface area contributed by atoms with Crippen molar-refractivity contribution in [2.75, 3.05) is 30.9 Å². The summed E-state index contributed by atoms with van der Waals surface area (Å²) in [4.78, 5) is 9.38. The van der Waals surface area contributed by atoms with Crippen LogP contribution in [0.4, 0.5) is 17.3 Å². The molecule has 1 aromatic heterocycles. The maximum Gasteiger partial charge on any atom is 0.163 e. The predicted octanol–water partition coefficient (Wildman–Crippen LogP) is 4.95. The van der Waals surface area contributed by atoms with Crippen molar-refractivity contribution in [3.05, 3.63) is 65.7 Å². The number of methoxy groups -OCH3 is 1. The van der Waals surface area contributed by atoms with Gasteiger partial charge in [0.05, 0.1) is 0 Å². The van der Waals surface area contributed by atoms with E-state index in [1.165, 1.54) is 11.1 Å². The first-order valence-corrected chi connectivity index (χ1v) is 9.17. The second-order valence-electron chi connectivity index (χ2n) is 6.53. The molecule has 0 unspecified atom stereocenters. The molecule has 0 saturated heterocycles. The molecule has 0 saturated carbocycles. The van der Waals surface area contributed by atoms with E-state index in [1.807, 2.05) is 36.4 Å². The highest BCUT2D eigenvalue weighted by molar-refractivity contribution is 5.65. The zero-order valence-corrected chi connectivity index (χ0v) is 16.1. The van der Waals surface area contributed by atoms with E-state index in [-0.39, 0.29) is 0 Å². The molecular formula is C22H26N4O. The molecule has 0 atom stereocenters. The number of hydrogen-bond acceptors (Lipinski definition) is 5. The number of rotatable bonds is 8. The zero-order valence-electron chi connectivity index (χ0n) is 16.1. The monoisotopic (exact) mass is 362 g/mol. The van der Waals surface area contributed by atoms with Crippen molar-refractivity contribution in [1.82, 2.24) is 9.97 Å². The van der Waals surface area contributed by atoms with E-state index in [1.54, 1.807) is 7.11 Å². The van der Waals surface area contributed by atoms with Gasteiger partial charge in [0.15, 0.2) is 5.82 Å². The van der Waals surface area contributed by atoms with E-state index >= 15 is 0 Å². The molecule has 0 fully saturated rings. The van der Waals surface area contributed by atoms with Crippen molar-refractivity contribution in [2.45, 2.75) is 20.3 Å². The molecule has 27 heavy (non-hydrogen) atoms. The molecule has 2 aromatic carbocycles. The summed E-state index contributed by atoms with van der Waals surface area (Å²) in [5.74, 6) is 2.26. The summed E-state index contributed by atoms with van der Waals surface area (Å²) in [5, 5.41) is 6.77. The van der Waals surface area contributed by atoms with Gasteiger partial charge in [-0.15, -0.1) is 0 Å². The van der Waals surface area contributed by atoms with Gasteiger partial charge in [-0.1, -0.05) is 36.4 Å². The highest BCUT2D eigenvalue weighted by Crippen LogP contribution is 2.23. The number of hydrogen-bond donors (Lipinski definition) is 2. The van der Waals surface area contributed by atoms with E-state index in [4.69, 9.17) is 9.72 Å². The number of ether oxygens (including phenoxy) is 1. The predicted molar refractivity (Wildman–Crippen MR) is 112 cm³/mol. The Balaban J connectivity index is 1.87. The Hall–Kier alpha value is -2.92. The maximum absolute atomic E-state index is 5.11. The van der Waals surface area contributed by atoms with Crippen LogP contribution in [-0.4, -0.2) is 30.2 Å². The zero-order chi connectivity index (χ0) is 19.1. The number of aryl methyl sites for hydroxylation is 2. The summed E-state index contributed by atoms with van der Waals surface area (Å²) in [6.07, 6.45) is 0.918. The van der Waals surface area contributed by atoms with Crippen LogP contribution in [0.5, 0.6) is 0 Å². The molecule has 3 rings (SSSR count). The third-order valence-electron chi connectivity index (χ3n) is 4.37. The molecular weight excluding hydrogens is 336 g/mol. The second-order valence-corrected chi connectivity index (χ2v) is 6.53. The minimum atomic E-state index is 0.693. The molecule has 2 N–H and O–H groups in total. The van der Waals surface area contributed by atoms with Crippen LogP contribution in [0.25, 0.3) is 11.4 Å². The smallest absolute Gasteiger partial charge is 0.163 e. The minimum Gasteiger partial charge on any atom is -0.385 e. The fraction of sp³-hybridized carbons (Fsp3) is 0.273. The van der Waals surface area contributed by atoms with Crippen LogP contribution in [0.15, 0.2) is 54.6 Å². The van der Waals surface area contributed by atoms with Gasteiger partial charge >= 0.3 is 0 Å². The molecule has 5 heteroatoms. The first kappa shape index (κ1) is 18.9. The van der Waals surface area contributed by atoms with Crippen LogP contribution in [0.1, 0.15) is 17.5 Å². The number of nitrogens with one attached hydrogen (secondary N) is 2. The van der Waals surface area contributed by atoms with Gasteiger partial charge in [-0.05, 0) is 43.5 Å². The van der Waals surface area contributed by atoms with Crippen molar-refractivity contribution >= 4 is 17.3 Å². The highest BCUT2D eigenvalue weighted by Gasteiger charge is 2.08. The lowest BCUT2D eigenvalue weighted by atomic mass is 10.1. The second kappa shape index (κ2) is 9.14. The normalized spacial score (nSPS) is 10.6. The third-order valence-corrected chi connectivity index (χ3v) is 4.37. The van der Waals surface area contributed by atoms with E-state index in [0.717, 1.165) is 42.5 Å². The van der Waals surface area contributed by atoms with Crippen molar-refractivity contribution in [3.63, 3.8) is 0 Å². The van der Waals surface area contributed by atoms with Crippen LogP contribution in [0, 0.1) is 13.8 Å². The first-order chi connectivity index (χ1) is 13.2. The maximum atomic E-state index is 5.11. The van der Waals surface area contributed by atoms with Crippen LogP contribution >= 0.6 is 0 Å². The van der Waals surface area contributed by atoms with Crippen molar-refractivity contribution < 1.29 is 4.74 Å². The van der Waals surface area contributed by atoms with Gasteiger partial charge < -0.3 is 15.4 Å². The molecule has 5 nitrogen and oxygen atoms in total. The fourth-order valence-electron chi connectivity index (χ4n) is 2.72. The summed E-state index contributed by atoms with van der Waals surface area (Å²) >= 11 is 0. The minimum absolute atomic E-state index is 0.693. The quantitative estimate of drug-likeness (QED) is 0.555. The molecule has 1 heterocycles. The number of nitrogens with zero attached hydrogens (tertiary/aromatic N) is 2. The Morgan fingerprint density at radius 2 is 1.67 bits per heavy atom. The Morgan fingerprint density at radius 1 is 0.889 bits per heavy atom. The summed E-state index contributed by atoms with van der Waals surface area (Å²) in [6.45, 7) is 5.73. The Kier molecular flexibility index (Phi) is 6.39. The summed E-state index contributed by atoms with van der Waals surface area (Å²) in [7, 11) is 1.71. The first-order valence-electron chi connectivity index (χ1n) is 9.17. The Bertz CT molecular complexity index is 881. The standard InChI is InChI=1S/C22H26N4O/c1-16-10-11-19(14-17(16)2)24-21-15-20(23-12-7-13-27-3)25-22(26-21)18-8-5-4-6-9-18/h4-6,8-11,14-15H,7,12-13H2,1-3H3,(H2,23,24,25,26). The fourth-order valence-corrected chi connectivity index (χ4v) is 2.72. The van der Waals surface area contributed by atoms with Crippen LogP contribution in [0.3, 0.4) is 0 Å². The third kappa shape index (κ3) is 5.28. The lowest BCUT2D eigenvalue weighted by Crippen LogP contribution is -2.08. The van der Waals surface area contributed by atoms with Crippen molar-refractivity contribution in [3.8, 4) is 11.4 Å². The summed E-state index contributed by atoms with van der Waals surface area (Å²) in [5.41, 5.74) is 4.52. The molecule has 0 radical (unpaired) electrons. The van der Waals surface area contributed by atoms with Gasteiger partial charge in [-0.3, -0.25) is 0 Å². The van der Waals surface area contributed by atoms with E-state index in [0.29, 0.717) is 5.82 Å². The van der Waals surface area contributed by atoms with Gasteiger partial charge in [0.1, 0.15) is 11.6 Å². The number of anilines is 3. The van der Waals surface area contributed by atoms with Crippen LogP contribution in [0.2, 0.25) is 0 Å². The lowest BCUT2D eigenvalue weighted by Gasteiger charge is -2.12. The van der Waals surface area contributed by atoms with Gasteiger partial charge in [-0.25, -0.2) is 9.97 Å². The van der Waals surface area contributed by atoms with Crippen LogP contribution < -0.4 is 10.6 Å². The molecule has 0 aliphatic carbocycles. The molecule has 140 valence electrons. The molecule has 0 aliphatic rings. The Morgan fingerprint density at radius 3 is 2.41 bits per heavy atom. The summed E-state index contributed by atoms with van der Waals surface area (Å²) in [6, 6.07) is 18.3. The Labute approximate surface area is 160 Å². The highest BCUT2D eigenvalue weighted by atomic mass is 16.5. The number of aromatic nitrogens is 2. The van der Waals surface area contributed by atoms with E-state index in [2.05, 4.69) is 47.7 Å². The SMILES string of the molecule is COCCCNc1cc(Nc2ccc(C)c(C)c2)nc(-c2ccccc2)n1. The molecule has 3 aromatic rings. The topological polar surface area (TPSA) is 59.1 Å². The number of benzene rings is 2. The van der Waals surface area contributed by atoms with E-state index < -0.39 is 0 Å². The molecule has 0 bridgehead atoms. The molecule has 0 spiro atoms. The van der Waals surface area contributed by atoms with Crippen molar-refractivity contribution in [2.24, 2.45) is 0 Å². The van der Waals surface area contributed by atoms with Gasteiger partial charge in [0.2, 0.25) is 0 Å². The molecule has 0 amide bonds. The van der Waals surface area contributed by atoms with Gasteiger partial charge in [-0.2, -0.15) is 0 Å². The van der Waals surface area contributed by atoms with E-state index in [9.17, 15) is 0 Å².